The standard InChI is InChI=1S/C14H9BrClN3O/c15-9-1-2-11-8(5-9)6-10(20)7-13(17-11)12-3-4-14(16)19-18-12/h1-5H,6-7H2. The van der Waals surface area contributed by atoms with Crippen molar-refractivity contribution < 1.29 is 4.79 Å². The van der Waals surface area contributed by atoms with E-state index in [2.05, 4.69) is 31.1 Å². The Morgan fingerprint density at radius 2 is 1.95 bits per heavy atom. The Morgan fingerprint density at radius 1 is 1.10 bits per heavy atom. The van der Waals surface area contributed by atoms with Gasteiger partial charge in [0.1, 0.15) is 11.5 Å². The summed E-state index contributed by atoms with van der Waals surface area (Å²) in [5.41, 5.74) is 2.92. The average molecular weight is 351 g/mol. The van der Waals surface area contributed by atoms with E-state index < -0.39 is 0 Å². The van der Waals surface area contributed by atoms with Crippen LogP contribution in [0.1, 0.15) is 17.7 Å². The van der Waals surface area contributed by atoms with Crippen molar-refractivity contribution in [3.8, 4) is 0 Å². The summed E-state index contributed by atoms with van der Waals surface area (Å²) in [5.74, 6) is 0.109. The lowest BCUT2D eigenvalue weighted by molar-refractivity contribution is -0.117. The lowest BCUT2D eigenvalue weighted by Crippen LogP contribution is -2.11. The normalized spacial score (nSPS) is 14.5. The minimum absolute atomic E-state index is 0.109. The molecule has 0 bridgehead atoms. The van der Waals surface area contributed by atoms with Gasteiger partial charge in [-0.2, -0.15) is 0 Å². The topological polar surface area (TPSA) is 55.2 Å². The number of aromatic nitrogens is 2. The van der Waals surface area contributed by atoms with Crippen molar-refractivity contribution in [2.45, 2.75) is 12.8 Å². The van der Waals surface area contributed by atoms with Crippen molar-refractivity contribution in [3.05, 3.63) is 51.2 Å². The van der Waals surface area contributed by atoms with Crippen LogP contribution < -0.4 is 0 Å². The summed E-state index contributed by atoms with van der Waals surface area (Å²) in [7, 11) is 0. The van der Waals surface area contributed by atoms with Crippen molar-refractivity contribution in [2.75, 3.05) is 0 Å². The predicted molar refractivity (Wildman–Crippen MR) is 80.7 cm³/mol. The van der Waals surface area contributed by atoms with Gasteiger partial charge in [-0.1, -0.05) is 27.5 Å². The number of fused-ring (bicyclic) bond motifs is 1. The fraction of sp³-hybridized carbons (Fsp3) is 0.143. The third kappa shape index (κ3) is 2.78. The predicted octanol–water partition coefficient (Wildman–Crippen LogP) is 3.53. The third-order valence-corrected chi connectivity index (χ3v) is 3.67. The van der Waals surface area contributed by atoms with E-state index in [1.807, 2.05) is 18.2 Å². The average Bonchev–Trinajstić information content (AvgIpc) is 2.57. The first-order valence-corrected chi connectivity index (χ1v) is 7.16. The molecule has 1 aromatic carbocycles. The maximum absolute atomic E-state index is 12.0. The second-order valence-corrected chi connectivity index (χ2v) is 5.77. The van der Waals surface area contributed by atoms with Crippen LogP contribution in [0.25, 0.3) is 0 Å². The number of nitrogens with zero attached hydrogens (tertiary/aromatic N) is 3. The van der Waals surface area contributed by atoms with Gasteiger partial charge in [-0.05, 0) is 35.9 Å². The summed E-state index contributed by atoms with van der Waals surface area (Å²) in [5, 5.41) is 8.11. The van der Waals surface area contributed by atoms with E-state index in [1.54, 1.807) is 12.1 Å². The Labute approximate surface area is 129 Å². The van der Waals surface area contributed by atoms with Gasteiger partial charge >= 0.3 is 0 Å². The van der Waals surface area contributed by atoms with Crippen LogP contribution in [0.3, 0.4) is 0 Å². The number of benzene rings is 1. The zero-order chi connectivity index (χ0) is 14.1. The summed E-state index contributed by atoms with van der Waals surface area (Å²) >= 11 is 9.13. The molecule has 6 heteroatoms. The van der Waals surface area contributed by atoms with E-state index >= 15 is 0 Å². The Bertz CT molecular complexity index is 713. The highest BCUT2D eigenvalue weighted by Crippen LogP contribution is 2.28. The van der Waals surface area contributed by atoms with Gasteiger partial charge in [0, 0.05) is 10.9 Å². The van der Waals surface area contributed by atoms with Crippen LogP contribution in [-0.2, 0) is 11.2 Å². The molecule has 3 rings (SSSR count). The maximum Gasteiger partial charge on any atom is 0.151 e. The molecule has 1 aromatic heterocycles. The quantitative estimate of drug-likeness (QED) is 0.790. The molecule has 20 heavy (non-hydrogen) atoms. The number of Topliss-reactive ketones (excluding diaryl/α,β-unsaturated/α-hetero) is 1. The minimum Gasteiger partial charge on any atom is -0.299 e. The summed E-state index contributed by atoms with van der Waals surface area (Å²) in [4.78, 5) is 16.6. The first-order valence-electron chi connectivity index (χ1n) is 5.99. The highest BCUT2D eigenvalue weighted by molar-refractivity contribution is 9.10. The number of rotatable bonds is 1. The van der Waals surface area contributed by atoms with Crippen LogP contribution in [0.15, 0.2) is 39.8 Å². The number of halogens is 2. The molecule has 0 saturated carbocycles. The van der Waals surface area contributed by atoms with Crippen LogP contribution in [0.5, 0.6) is 0 Å². The molecular formula is C14H9BrClN3O. The Kier molecular flexibility index (Phi) is 3.63. The molecule has 0 amide bonds. The zero-order valence-corrected chi connectivity index (χ0v) is 12.6. The van der Waals surface area contributed by atoms with Crippen LogP contribution in [0.4, 0.5) is 5.69 Å². The van der Waals surface area contributed by atoms with E-state index in [9.17, 15) is 4.79 Å². The van der Waals surface area contributed by atoms with Crippen LogP contribution >= 0.6 is 27.5 Å². The molecule has 0 aliphatic carbocycles. The molecule has 1 aliphatic rings. The molecule has 2 aromatic rings. The molecule has 0 saturated heterocycles. The molecular weight excluding hydrogens is 342 g/mol. The van der Waals surface area contributed by atoms with E-state index in [4.69, 9.17) is 11.6 Å². The maximum atomic E-state index is 12.0. The number of carbonyl (C=O) groups is 1. The van der Waals surface area contributed by atoms with Crippen molar-refractivity contribution in [3.63, 3.8) is 0 Å². The number of hydrogen-bond donors (Lipinski definition) is 0. The van der Waals surface area contributed by atoms with Gasteiger partial charge in [-0.15, -0.1) is 10.2 Å². The van der Waals surface area contributed by atoms with Crippen LogP contribution in [-0.4, -0.2) is 21.7 Å². The lowest BCUT2D eigenvalue weighted by atomic mass is 10.0. The monoisotopic (exact) mass is 349 g/mol. The number of ketones is 1. The molecule has 2 heterocycles. The second-order valence-electron chi connectivity index (χ2n) is 4.47. The van der Waals surface area contributed by atoms with Gasteiger partial charge in [0.2, 0.25) is 0 Å². The fourth-order valence-electron chi connectivity index (χ4n) is 2.07. The highest BCUT2D eigenvalue weighted by atomic mass is 79.9. The number of hydrogen-bond acceptors (Lipinski definition) is 4. The van der Waals surface area contributed by atoms with E-state index in [1.165, 1.54) is 0 Å². The second kappa shape index (κ2) is 5.42. The van der Waals surface area contributed by atoms with Crippen LogP contribution in [0.2, 0.25) is 5.15 Å². The van der Waals surface area contributed by atoms with Crippen molar-refractivity contribution in [1.29, 1.82) is 0 Å². The SMILES string of the molecule is O=C1CC(c2ccc(Cl)nn2)=Nc2ccc(Br)cc2C1. The highest BCUT2D eigenvalue weighted by Gasteiger charge is 2.19. The molecule has 0 unspecified atom stereocenters. The molecule has 4 nitrogen and oxygen atoms in total. The van der Waals surface area contributed by atoms with Gasteiger partial charge in [-0.25, -0.2) is 0 Å². The Hall–Kier alpha value is -1.59. The molecule has 100 valence electrons. The van der Waals surface area contributed by atoms with E-state index in [0.29, 0.717) is 23.0 Å². The molecule has 0 radical (unpaired) electrons. The first-order chi connectivity index (χ1) is 9.61. The van der Waals surface area contributed by atoms with Gasteiger partial charge in [0.15, 0.2) is 5.15 Å². The van der Waals surface area contributed by atoms with Gasteiger partial charge < -0.3 is 0 Å². The van der Waals surface area contributed by atoms with E-state index in [0.717, 1.165) is 15.7 Å². The summed E-state index contributed by atoms with van der Waals surface area (Å²) in [6.45, 7) is 0. The van der Waals surface area contributed by atoms with Crippen molar-refractivity contribution in [1.82, 2.24) is 10.2 Å². The lowest BCUT2D eigenvalue weighted by Gasteiger charge is -2.02. The third-order valence-electron chi connectivity index (χ3n) is 2.98. The molecule has 0 atom stereocenters. The molecule has 1 aliphatic heterocycles. The molecule has 0 spiro atoms. The minimum atomic E-state index is 0.109. The van der Waals surface area contributed by atoms with Gasteiger partial charge in [-0.3, -0.25) is 9.79 Å². The number of aliphatic imine (C=N–C) groups is 1. The van der Waals surface area contributed by atoms with Gasteiger partial charge in [0.05, 0.1) is 17.8 Å². The smallest absolute Gasteiger partial charge is 0.151 e. The summed E-state index contributed by atoms with van der Waals surface area (Å²) < 4.78 is 0.939. The van der Waals surface area contributed by atoms with Crippen LogP contribution in [0, 0.1) is 0 Å². The largest absolute Gasteiger partial charge is 0.299 e. The Morgan fingerprint density at radius 3 is 2.70 bits per heavy atom. The summed E-state index contributed by atoms with van der Waals surface area (Å²) in [6.07, 6.45) is 0.630. The molecule has 0 fully saturated rings. The van der Waals surface area contributed by atoms with Crippen molar-refractivity contribution in [2.24, 2.45) is 4.99 Å². The first kappa shape index (κ1) is 13.4. The number of carbonyl (C=O) groups excluding carboxylic acids is 1. The fourth-order valence-corrected chi connectivity index (χ4v) is 2.58. The zero-order valence-electron chi connectivity index (χ0n) is 10.3. The summed E-state index contributed by atoms with van der Waals surface area (Å²) in [6, 6.07) is 9.09. The van der Waals surface area contributed by atoms with Gasteiger partial charge in [0.25, 0.3) is 0 Å². The van der Waals surface area contributed by atoms with Crippen molar-refractivity contribution >= 4 is 44.7 Å². The molecule has 0 N–H and O–H groups in total. The Balaban J connectivity index is 2.08. The van der Waals surface area contributed by atoms with E-state index in [-0.39, 0.29) is 12.2 Å².